The Morgan fingerprint density at radius 2 is 1.87 bits per heavy atom. The number of nitrogens with zero attached hydrogens (tertiary/aromatic N) is 1. The van der Waals surface area contributed by atoms with Crippen LogP contribution < -0.4 is 5.32 Å². The zero-order valence-electron chi connectivity index (χ0n) is 12.8. The van der Waals surface area contributed by atoms with Crippen molar-refractivity contribution in [2.45, 2.75) is 25.1 Å². The second-order valence-electron chi connectivity index (χ2n) is 5.99. The van der Waals surface area contributed by atoms with Crippen molar-refractivity contribution >= 4 is 0 Å². The van der Waals surface area contributed by atoms with Crippen molar-refractivity contribution in [2.24, 2.45) is 5.92 Å². The van der Waals surface area contributed by atoms with Gasteiger partial charge < -0.3 is 10.4 Å². The summed E-state index contributed by atoms with van der Waals surface area (Å²) in [6, 6.07) is 17.8. The molecule has 3 atom stereocenters. The molecule has 3 rings (SSSR count). The molecule has 0 bridgehead atoms. The first kappa shape index (κ1) is 15.6. The summed E-state index contributed by atoms with van der Waals surface area (Å²) in [6.07, 6.45) is -0.393. The molecule has 0 aromatic heterocycles. The second kappa shape index (κ2) is 6.89. The van der Waals surface area contributed by atoms with Crippen LogP contribution in [0, 0.1) is 16.0 Å². The van der Waals surface area contributed by atoms with E-state index in [2.05, 4.69) is 11.4 Å². The Morgan fingerprint density at radius 3 is 2.61 bits per heavy atom. The van der Waals surface area contributed by atoms with Crippen LogP contribution in [0.1, 0.15) is 22.7 Å². The number of benzene rings is 2. The SMILES string of the molecule is O=[N+]([O-])CC(O)C(Cc1ccccc1)C1NCc2ccccc21. The zero-order valence-corrected chi connectivity index (χ0v) is 12.8. The van der Waals surface area contributed by atoms with Gasteiger partial charge in [0.05, 0.1) is 0 Å². The first-order valence-electron chi connectivity index (χ1n) is 7.80. The van der Waals surface area contributed by atoms with Crippen molar-refractivity contribution in [2.75, 3.05) is 6.54 Å². The standard InChI is InChI=1S/C18H20N2O3/c21-17(12-20(22)23)16(10-13-6-2-1-3-7-13)18-15-9-5-4-8-14(15)11-19-18/h1-9,16-19,21H,10-12H2. The molecule has 1 heterocycles. The number of hydrogen-bond acceptors (Lipinski definition) is 4. The van der Waals surface area contributed by atoms with Gasteiger partial charge in [0.15, 0.2) is 0 Å². The maximum atomic E-state index is 10.9. The minimum Gasteiger partial charge on any atom is -0.386 e. The fraction of sp³-hybridized carbons (Fsp3) is 0.333. The molecule has 1 aliphatic rings. The lowest BCUT2D eigenvalue weighted by atomic mass is 9.84. The summed E-state index contributed by atoms with van der Waals surface area (Å²) < 4.78 is 0. The van der Waals surface area contributed by atoms with Crippen LogP contribution >= 0.6 is 0 Å². The van der Waals surface area contributed by atoms with Gasteiger partial charge in [0.2, 0.25) is 6.54 Å². The molecule has 0 spiro atoms. The van der Waals surface area contributed by atoms with E-state index in [9.17, 15) is 15.2 Å². The van der Waals surface area contributed by atoms with E-state index in [-0.39, 0.29) is 12.0 Å². The summed E-state index contributed by atoms with van der Waals surface area (Å²) in [5.41, 5.74) is 3.41. The molecule has 2 aromatic rings. The van der Waals surface area contributed by atoms with Gasteiger partial charge in [0.1, 0.15) is 6.10 Å². The third-order valence-electron chi connectivity index (χ3n) is 4.48. The van der Waals surface area contributed by atoms with Crippen molar-refractivity contribution < 1.29 is 10.0 Å². The molecule has 3 unspecified atom stereocenters. The molecule has 0 radical (unpaired) electrons. The highest BCUT2D eigenvalue weighted by Crippen LogP contribution is 2.34. The van der Waals surface area contributed by atoms with Gasteiger partial charge in [-0.2, -0.15) is 0 Å². The Kier molecular flexibility index (Phi) is 4.69. The van der Waals surface area contributed by atoms with E-state index >= 15 is 0 Å². The van der Waals surface area contributed by atoms with Crippen molar-refractivity contribution in [1.29, 1.82) is 0 Å². The quantitative estimate of drug-likeness (QED) is 0.634. The van der Waals surface area contributed by atoms with E-state index in [4.69, 9.17) is 0 Å². The van der Waals surface area contributed by atoms with Gasteiger partial charge in [-0.15, -0.1) is 0 Å². The Hall–Kier alpha value is -2.24. The van der Waals surface area contributed by atoms with Gasteiger partial charge in [0, 0.05) is 23.4 Å². The summed E-state index contributed by atoms with van der Waals surface area (Å²) in [5, 5.41) is 24.7. The number of hydrogen-bond donors (Lipinski definition) is 2. The van der Waals surface area contributed by atoms with E-state index in [0.717, 1.165) is 17.7 Å². The molecule has 5 nitrogen and oxygen atoms in total. The van der Waals surface area contributed by atoms with E-state index in [1.807, 2.05) is 48.5 Å². The molecule has 5 heteroatoms. The van der Waals surface area contributed by atoms with Crippen molar-refractivity contribution in [3.8, 4) is 0 Å². The first-order valence-corrected chi connectivity index (χ1v) is 7.80. The topological polar surface area (TPSA) is 75.4 Å². The first-order chi connectivity index (χ1) is 11.1. The molecular formula is C18H20N2O3. The maximum absolute atomic E-state index is 10.9. The zero-order chi connectivity index (χ0) is 16.2. The molecule has 2 aromatic carbocycles. The Balaban J connectivity index is 1.88. The highest BCUT2D eigenvalue weighted by atomic mass is 16.6. The van der Waals surface area contributed by atoms with Crippen LogP contribution in [-0.2, 0) is 13.0 Å². The molecule has 1 aliphatic heterocycles. The number of rotatable bonds is 6. The van der Waals surface area contributed by atoms with Gasteiger partial charge in [-0.25, -0.2) is 0 Å². The van der Waals surface area contributed by atoms with Crippen LogP contribution in [0.3, 0.4) is 0 Å². The highest BCUT2D eigenvalue weighted by molar-refractivity contribution is 5.35. The van der Waals surface area contributed by atoms with Crippen LogP contribution in [0.4, 0.5) is 0 Å². The van der Waals surface area contributed by atoms with Gasteiger partial charge >= 0.3 is 0 Å². The summed E-state index contributed by atoms with van der Waals surface area (Å²) >= 11 is 0. The van der Waals surface area contributed by atoms with E-state index < -0.39 is 17.6 Å². The number of aliphatic hydroxyl groups excluding tert-OH is 1. The lowest BCUT2D eigenvalue weighted by Crippen LogP contribution is -2.37. The van der Waals surface area contributed by atoms with Crippen LogP contribution in [0.15, 0.2) is 54.6 Å². The largest absolute Gasteiger partial charge is 0.386 e. The van der Waals surface area contributed by atoms with Gasteiger partial charge in [-0.3, -0.25) is 10.1 Å². The monoisotopic (exact) mass is 312 g/mol. The van der Waals surface area contributed by atoms with E-state index in [1.54, 1.807) is 0 Å². The van der Waals surface area contributed by atoms with Crippen molar-refractivity contribution in [1.82, 2.24) is 5.32 Å². The average molecular weight is 312 g/mol. The molecular weight excluding hydrogens is 292 g/mol. The summed E-state index contributed by atoms with van der Waals surface area (Å²) in [5.74, 6) is -0.244. The molecule has 0 fully saturated rings. The molecule has 0 saturated heterocycles. The third kappa shape index (κ3) is 3.57. The van der Waals surface area contributed by atoms with Crippen molar-refractivity contribution in [3.63, 3.8) is 0 Å². The van der Waals surface area contributed by atoms with Crippen LogP contribution in [0.25, 0.3) is 0 Å². The Labute approximate surface area is 135 Å². The lowest BCUT2D eigenvalue weighted by molar-refractivity contribution is -0.492. The van der Waals surface area contributed by atoms with Gasteiger partial charge in [-0.05, 0) is 23.1 Å². The second-order valence-corrected chi connectivity index (χ2v) is 5.99. The maximum Gasteiger partial charge on any atom is 0.229 e. The van der Waals surface area contributed by atoms with Crippen LogP contribution in [-0.4, -0.2) is 22.7 Å². The summed E-state index contributed by atoms with van der Waals surface area (Å²) in [4.78, 5) is 10.4. The predicted molar refractivity (Wildman–Crippen MR) is 87.5 cm³/mol. The normalized spacial score (nSPS) is 19.1. The number of aliphatic hydroxyl groups is 1. The fourth-order valence-electron chi connectivity index (χ4n) is 3.36. The summed E-state index contributed by atoms with van der Waals surface area (Å²) in [7, 11) is 0. The average Bonchev–Trinajstić information content (AvgIpc) is 2.97. The molecule has 120 valence electrons. The van der Waals surface area contributed by atoms with Gasteiger partial charge in [-0.1, -0.05) is 54.6 Å². The minimum absolute atomic E-state index is 0.0682. The van der Waals surface area contributed by atoms with Gasteiger partial charge in [0.25, 0.3) is 0 Å². The Morgan fingerprint density at radius 1 is 1.17 bits per heavy atom. The third-order valence-corrected chi connectivity index (χ3v) is 4.48. The highest BCUT2D eigenvalue weighted by Gasteiger charge is 2.35. The van der Waals surface area contributed by atoms with Crippen LogP contribution in [0.2, 0.25) is 0 Å². The van der Waals surface area contributed by atoms with E-state index in [1.165, 1.54) is 5.56 Å². The molecule has 0 saturated carbocycles. The molecule has 23 heavy (non-hydrogen) atoms. The predicted octanol–water partition coefficient (Wildman–Crippen LogP) is 2.33. The number of nitro groups is 1. The number of nitrogens with one attached hydrogen (secondary N) is 1. The fourth-order valence-corrected chi connectivity index (χ4v) is 3.36. The van der Waals surface area contributed by atoms with Crippen molar-refractivity contribution in [3.05, 3.63) is 81.4 Å². The Bertz CT molecular complexity index is 675. The minimum atomic E-state index is -0.992. The number of fused-ring (bicyclic) bond motifs is 1. The summed E-state index contributed by atoms with van der Waals surface area (Å²) in [6.45, 7) is 0.301. The smallest absolute Gasteiger partial charge is 0.229 e. The van der Waals surface area contributed by atoms with E-state index in [0.29, 0.717) is 6.42 Å². The molecule has 2 N–H and O–H groups in total. The molecule has 0 aliphatic carbocycles. The molecule has 0 amide bonds. The lowest BCUT2D eigenvalue weighted by Gasteiger charge is -2.27. The van der Waals surface area contributed by atoms with Crippen LogP contribution in [0.5, 0.6) is 0 Å².